The highest BCUT2D eigenvalue weighted by atomic mass is 32.2. The van der Waals surface area contributed by atoms with E-state index in [2.05, 4.69) is 0 Å². The standard InChI is InChI=1S/C11H12B2O3S2/c1-12-17-15-10-6-5-9(4-3-7-14)8-11(10)16-18-13-2/h3-8H,1-2H3/b4-3+. The maximum absolute atomic E-state index is 10.3. The Hall–Kier alpha value is -0.940. The van der Waals surface area contributed by atoms with Gasteiger partial charge in [-0.15, -0.1) is 0 Å². The van der Waals surface area contributed by atoms with Gasteiger partial charge in [-0.2, -0.15) is 0 Å². The molecule has 0 saturated carbocycles. The molecule has 1 aromatic rings. The van der Waals surface area contributed by atoms with Crippen molar-refractivity contribution in [2.45, 2.75) is 13.6 Å². The molecule has 0 aliphatic heterocycles. The highest BCUT2D eigenvalue weighted by Gasteiger charge is 2.07. The number of carbonyl (C=O) groups excluding carboxylic acids is 1. The molecule has 0 heterocycles. The van der Waals surface area contributed by atoms with Gasteiger partial charge in [-0.05, 0) is 47.6 Å². The summed E-state index contributed by atoms with van der Waals surface area (Å²) < 4.78 is 10.9. The number of benzene rings is 1. The summed E-state index contributed by atoms with van der Waals surface area (Å²) in [5, 5.41) is 0. The minimum atomic E-state index is 0.625. The van der Waals surface area contributed by atoms with Gasteiger partial charge in [0.05, 0.1) is 0 Å². The van der Waals surface area contributed by atoms with Gasteiger partial charge in [0.25, 0.3) is 0 Å². The molecule has 0 amide bonds. The molecule has 0 bridgehead atoms. The quantitative estimate of drug-likeness (QED) is 0.315. The fourth-order valence-electron chi connectivity index (χ4n) is 1.11. The van der Waals surface area contributed by atoms with Crippen LogP contribution in [0.1, 0.15) is 5.56 Å². The van der Waals surface area contributed by atoms with Crippen molar-refractivity contribution < 1.29 is 13.2 Å². The fourth-order valence-corrected chi connectivity index (χ4v) is 1.78. The van der Waals surface area contributed by atoms with Gasteiger partial charge in [0.2, 0.25) is 13.1 Å². The van der Waals surface area contributed by atoms with Gasteiger partial charge >= 0.3 is 0 Å². The molecule has 0 N–H and O–H groups in total. The first kappa shape index (κ1) is 15.1. The van der Waals surface area contributed by atoms with Crippen LogP contribution in [-0.4, -0.2) is 19.4 Å². The molecule has 1 rings (SSSR count). The Labute approximate surface area is 117 Å². The van der Waals surface area contributed by atoms with Gasteiger partial charge < -0.3 is 8.37 Å². The zero-order valence-electron chi connectivity index (χ0n) is 10.2. The average molecular weight is 278 g/mol. The second kappa shape index (κ2) is 9.05. The molecule has 0 aliphatic rings. The summed E-state index contributed by atoms with van der Waals surface area (Å²) >= 11 is 2.46. The van der Waals surface area contributed by atoms with Crippen molar-refractivity contribution in [1.29, 1.82) is 0 Å². The van der Waals surface area contributed by atoms with Crippen LogP contribution in [0.15, 0.2) is 24.3 Å². The lowest BCUT2D eigenvalue weighted by molar-refractivity contribution is -0.104. The number of allylic oxidation sites excluding steroid dienone is 1. The van der Waals surface area contributed by atoms with Gasteiger partial charge in [0.15, 0.2) is 11.5 Å². The van der Waals surface area contributed by atoms with E-state index in [4.69, 9.17) is 8.37 Å². The molecule has 0 saturated heterocycles. The predicted molar refractivity (Wildman–Crippen MR) is 81.2 cm³/mol. The van der Waals surface area contributed by atoms with E-state index < -0.39 is 0 Å². The van der Waals surface area contributed by atoms with Crippen molar-refractivity contribution in [2.24, 2.45) is 0 Å². The SMILES string of the molecule is C[B]SOc1ccc(/C=C/C=O)cc1OS[B]C. The monoisotopic (exact) mass is 278 g/mol. The Morgan fingerprint density at radius 1 is 1.11 bits per heavy atom. The van der Waals surface area contributed by atoms with Crippen LogP contribution in [0.25, 0.3) is 6.08 Å². The Kier molecular flexibility index (Phi) is 7.60. The zero-order valence-corrected chi connectivity index (χ0v) is 11.8. The highest BCUT2D eigenvalue weighted by Crippen LogP contribution is 2.33. The summed E-state index contributed by atoms with van der Waals surface area (Å²) in [6.45, 7) is 7.44. The maximum Gasteiger partial charge on any atom is 0.245 e. The summed E-state index contributed by atoms with van der Waals surface area (Å²) in [6, 6.07) is 5.49. The number of hydrogen-bond acceptors (Lipinski definition) is 5. The first-order valence-corrected chi connectivity index (χ1v) is 6.91. The van der Waals surface area contributed by atoms with E-state index in [1.165, 1.54) is 29.9 Å². The highest BCUT2D eigenvalue weighted by molar-refractivity contribution is 8.19. The van der Waals surface area contributed by atoms with E-state index in [1.54, 1.807) is 6.08 Å². The summed E-state index contributed by atoms with van der Waals surface area (Å²) in [5.74, 6) is 1.27. The topological polar surface area (TPSA) is 35.5 Å². The summed E-state index contributed by atoms with van der Waals surface area (Å²) in [4.78, 5) is 10.3. The second-order valence-electron chi connectivity index (χ2n) is 3.03. The van der Waals surface area contributed by atoms with Crippen LogP contribution < -0.4 is 8.37 Å². The Balaban J connectivity index is 2.88. The summed E-state index contributed by atoms with van der Waals surface area (Å²) in [6.07, 6.45) is 3.89. The maximum atomic E-state index is 10.3. The normalized spacial score (nSPS) is 10.1. The first-order chi connectivity index (χ1) is 8.81. The van der Waals surface area contributed by atoms with E-state index in [-0.39, 0.29) is 0 Å². The van der Waals surface area contributed by atoms with Crippen molar-refractivity contribution >= 4 is 49.3 Å². The molecule has 0 aliphatic carbocycles. The number of aldehydes is 1. The average Bonchev–Trinajstić information content (AvgIpc) is 2.41. The van der Waals surface area contributed by atoms with Crippen molar-refractivity contribution in [1.82, 2.24) is 0 Å². The van der Waals surface area contributed by atoms with Gasteiger partial charge in [-0.1, -0.05) is 25.8 Å². The van der Waals surface area contributed by atoms with Crippen LogP contribution in [0.3, 0.4) is 0 Å². The van der Waals surface area contributed by atoms with E-state index in [0.29, 0.717) is 11.5 Å². The lowest BCUT2D eigenvalue weighted by Crippen LogP contribution is -1.91. The lowest BCUT2D eigenvalue weighted by Gasteiger charge is -2.10. The first-order valence-electron chi connectivity index (χ1n) is 5.30. The molecule has 7 heteroatoms. The molecule has 0 fully saturated rings. The van der Waals surface area contributed by atoms with Crippen molar-refractivity contribution in [2.75, 3.05) is 0 Å². The molecule has 2 radical (unpaired) electrons. The molecule has 1 aromatic carbocycles. The van der Waals surface area contributed by atoms with Gasteiger partial charge in [0, 0.05) is 0 Å². The minimum Gasteiger partial charge on any atom is -0.435 e. The number of rotatable bonds is 8. The van der Waals surface area contributed by atoms with Crippen LogP contribution in [0, 0.1) is 0 Å². The fraction of sp³-hybridized carbons (Fsp3) is 0.182. The second-order valence-corrected chi connectivity index (χ2v) is 4.69. The van der Waals surface area contributed by atoms with Gasteiger partial charge in [-0.25, -0.2) is 0 Å². The van der Waals surface area contributed by atoms with E-state index in [1.807, 2.05) is 45.0 Å². The lowest BCUT2D eigenvalue weighted by atomic mass is 10.2. The number of carbonyl (C=O) groups is 1. The van der Waals surface area contributed by atoms with Crippen molar-refractivity contribution in [3.63, 3.8) is 0 Å². The van der Waals surface area contributed by atoms with Crippen LogP contribution in [0.4, 0.5) is 0 Å². The van der Waals surface area contributed by atoms with Crippen molar-refractivity contribution in [3.8, 4) is 11.5 Å². The smallest absolute Gasteiger partial charge is 0.245 e. The number of hydrogen-bond donors (Lipinski definition) is 0. The zero-order chi connectivity index (χ0) is 13.2. The van der Waals surface area contributed by atoms with Crippen LogP contribution in [0.5, 0.6) is 11.5 Å². The largest absolute Gasteiger partial charge is 0.435 e. The predicted octanol–water partition coefficient (Wildman–Crippen LogP) is 3.29. The van der Waals surface area contributed by atoms with Crippen LogP contribution in [0.2, 0.25) is 13.6 Å². The third kappa shape index (κ3) is 5.14. The Morgan fingerprint density at radius 2 is 1.78 bits per heavy atom. The molecule has 0 atom stereocenters. The molecule has 0 unspecified atom stereocenters. The van der Waals surface area contributed by atoms with E-state index >= 15 is 0 Å². The molecule has 92 valence electrons. The summed E-state index contributed by atoms with van der Waals surface area (Å²) in [5.41, 5.74) is 0.881. The Bertz CT molecular complexity index is 413. The molecule has 3 nitrogen and oxygen atoms in total. The van der Waals surface area contributed by atoms with Crippen molar-refractivity contribution in [3.05, 3.63) is 29.8 Å². The molecule has 0 spiro atoms. The summed E-state index contributed by atoms with van der Waals surface area (Å²) in [7, 11) is 0. The van der Waals surface area contributed by atoms with E-state index in [9.17, 15) is 4.79 Å². The van der Waals surface area contributed by atoms with Crippen LogP contribution >= 0.6 is 23.8 Å². The van der Waals surface area contributed by atoms with Gasteiger partial charge in [0.1, 0.15) is 6.29 Å². The molecular formula is C11H12B2O3S2. The third-order valence-corrected chi connectivity index (χ3v) is 2.74. The van der Waals surface area contributed by atoms with Crippen LogP contribution in [-0.2, 0) is 4.79 Å². The molecule has 18 heavy (non-hydrogen) atoms. The third-order valence-electron chi connectivity index (χ3n) is 1.80. The minimum absolute atomic E-state index is 0.625. The molecular weight excluding hydrogens is 266 g/mol. The van der Waals surface area contributed by atoms with Gasteiger partial charge in [-0.3, -0.25) is 4.79 Å². The Morgan fingerprint density at radius 3 is 2.39 bits per heavy atom. The van der Waals surface area contributed by atoms with E-state index in [0.717, 1.165) is 11.8 Å². The molecule has 0 aromatic heterocycles.